The van der Waals surface area contributed by atoms with Crippen molar-refractivity contribution in [3.8, 4) is 0 Å². The minimum absolute atomic E-state index is 0.632. The fourth-order valence-corrected chi connectivity index (χ4v) is 2.30. The molecule has 0 aliphatic heterocycles. The average molecular weight is 246 g/mol. The van der Waals surface area contributed by atoms with Gasteiger partial charge in [0.25, 0.3) is 0 Å². The molecule has 0 aromatic heterocycles. The van der Waals surface area contributed by atoms with Gasteiger partial charge in [-0.3, -0.25) is 4.90 Å². The lowest BCUT2D eigenvalue weighted by atomic mass is 10.1. The minimum atomic E-state index is 0.632. The zero-order valence-electron chi connectivity index (χ0n) is 11.9. The second kappa shape index (κ2) is 6.35. The molecule has 1 unspecified atom stereocenters. The minimum Gasteiger partial charge on any atom is -0.311 e. The monoisotopic (exact) mass is 246 g/mol. The highest BCUT2D eigenvalue weighted by Gasteiger charge is 2.28. The van der Waals surface area contributed by atoms with E-state index in [9.17, 15) is 0 Å². The number of hydrogen-bond donors (Lipinski definition) is 1. The number of likely N-dealkylation sites (N-methyl/N-ethyl adjacent to an activating group) is 1. The first kappa shape index (κ1) is 13.6. The van der Waals surface area contributed by atoms with Gasteiger partial charge >= 0.3 is 0 Å². The molecule has 0 bridgehead atoms. The number of rotatable bonds is 7. The van der Waals surface area contributed by atoms with Crippen molar-refractivity contribution < 1.29 is 0 Å². The highest BCUT2D eigenvalue weighted by Crippen LogP contribution is 2.26. The van der Waals surface area contributed by atoms with Crippen LogP contribution in [0.3, 0.4) is 0 Å². The van der Waals surface area contributed by atoms with Gasteiger partial charge in [-0.05, 0) is 44.4 Å². The maximum atomic E-state index is 3.56. The van der Waals surface area contributed by atoms with Gasteiger partial charge in [0, 0.05) is 25.2 Å². The van der Waals surface area contributed by atoms with Gasteiger partial charge < -0.3 is 5.32 Å². The molecule has 1 aliphatic rings. The van der Waals surface area contributed by atoms with Crippen LogP contribution in [-0.4, -0.2) is 30.6 Å². The predicted molar refractivity (Wildman–Crippen MR) is 77.8 cm³/mol. The zero-order valence-corrected chi connectivity index (χ0v) is 11.9. The fourth-order valence-electron chi connectivity index (χ4n) is 2.30. The summed E-state index contributed by atoms with van der Waals surface area (Å²) in [6.07, 6.45) is 3.90. The summed E-state index contributed by atoms with van der Waals surface area (Å²) in [7, 11) is 2.25. The number of hydrogen-bond acceptors (Lipinski definition) is 2. The summed E-state index contributed by atoms with van der Waals surface area (Å²) in [6.45, 7) is 6.56. The molecule has 1 saturated carbocycles. The smallest absolute Gasteiger partial charge is 0.0206 e. The van der Waals surface area contributed by atoms with Crippen LogP contribution in [-0.2, 0) is 13.0 Å². The molecule has 0 spiro atoms. The lowest BCUT2D eigenvalue weighted by molar-refractivity contribution is 0.241. The van der Waals surface area contributed by atoms with Gasteiger partial charge in [0.05, 0.1) is 0 Å². The van der Waals surface area contributed by atoms with Crippen LogP contribution in [0, 0.1) is 0 Å². The van der Waals surface area contributed by atoms with E-state index in [4.69, 9.17) is 0 Å². The Morgan fingerprint density at radius 3 is 2.39 bits per heavy atom. The van der Waals surface area contributed by atoms with Gasteiger partial charge in [-0.2, -0.15) is 0 Å². The Morgan fingerprint density at radius 1 is 1.22 bits per heavy atom. The zero-order chi connectivity index (χ0) is 13.0. The second-order valence-corrected chi connectivity index (χ2v) is 5.55. The van der Waals surface area contributed by atoms with E-state index in [-0.39, 0.29) is 0 Å². The largest absolute Gasteiger partial charge is 0.311 e. The van der Waals surface area contributed by atoms with E-state index in [1.807, 2.05) is 0 Å². The number of benzene rings is 1. The number of nitrogens with one attached hydrogen (secondary N) is 1. The molecule has 2 heteroatoms. The Hall–Kier alpha value is -0.860. The lowest BCUT2D eigenvalue weighted by Gasteiger charge is -2.24. The highest BCUT2D eigenvalue weighted by atomic mass is 15.2. The fraction of sp³-hybridized carbons (Fsp3) is 0.625. The van der Waals surface area contributed by atoms with Crippen molar-refractivity contribution in [3.05, 3.63) is 35.4 Å². The molecule has 1 atom stereocenters. The topological polar surface area (TPSA) is 15.3 Å². The van der Waals surface area contributed by atoms with Crippen LogP contribution < -0.4 is 5.32 Å². The van der Waals surface area contributed by atoms with Gasteiger partial charge in [-0.1, -0.05) is 31.2 Å². The SMILES string of the molecule is CCc1ccc(CNCC(C)N(C)C2CC2)cc1. The molecule has 0 radical (unpaired) electrons. The van der Waals surface area contributed by atoms with E-state index in [0.717, 1.165) is 25.6 Å². The van der Waals surface area contributed by atoms with Crippen LogP contribution in [0.2, 0.25) is 0 Å². The summed E-state index contributed by atoms with van der Waals surface area (Å²) in [5.74, 6) is 0. The van der Waals surface area contributed by atoms with Gasteiger partial charge in [0.1, 0.15) is 0 Å². The van der Waals surface area contributed by atoms with E-state index in [0.29, 0.717) is 6.04 Å². The first-order chi connectivity index (χ1) is 8.70. The van der Waals surface area contributed by atoms with Crippen LogP contribution >= 0.6 is 0 Å². The van der Waals surface area contributed by atoms with Crippen molar-refractivity contribution in [2.75, 3.05) is 13.6 Å². The Labute approximate surface area is 111 Å². The first-order valence-corrected chi connectivity index (χ1v) is 7.21. The highest BCUT2D eigenvalue weighted by molar-refractivity contribution is 5.22. The summed E-state index contributed by atoms with van der Waals surface area (Å²) in [6, 6.07) is 10.4. The Balaban J connectivity index is 1.70. The van der Waals surface area contributed by atoms with Crippen molar-refractivity contribution in [1.82, 2.24) is 10.2 Å². The molecule has 0 amide bonds. The third-order valence-electron chi connectivity index (χ3n) is 4.02. The Bertz CT molecular complexity index is 354. The summed E-state index contributed by atoms with van der Waals surface area (Å²) >= 11 is 0. The number of nitrogens with zero attached hydrogens (tertiary/aromatic N) is 1. The third-order valence-corrected chi connectivity index (χ3v) is 4.02. The molecular formula is C16H26N2. The predicted octanol–water partition coefficient (Wildman–Crippen LogP) is 2.82. The van der Waals surface area contributed by atoms with Crippen LogP contribution in [0.5, 0.6) is 0 Å². The summed E-state index contributed by atoms with van der Waals surface area (Å²) < 4.78 is 0. The van der Waals surface area contributed by atoms with Crippen molar-refractivity contribution in [2.45, 2.75) is 51.7 Å². The van der Waals surface area contributed by atoms with Crippen molar-refractivity contribution >= 4 is 0 Å². The lowest BCUT2D eigenvalue weighted by Crippen LogP contribution is -2.38. The van der Waals surface area contributed by atoms with Gasteiger partial charge in [-0.15, -0.1) is 0 Å². The van der Waals surface area contributed by atoms with Gasteiger partial charge in [-0.25, -0.2) is 0 Å². The normalized spacial score (nSPS) is 17.1. The van der Waals surface area contributed by atoms with E-state index in [1.54, 1.807) is 0 Å². The molecule has 100 valence electrons. The van der Waals surface area contributed by atoms with Crippen molar-refractivity contribution in [1.29, 1.82) is 0 Å². The second-order valence-electron chi connectivity index (χ2n) is 5.55. The Kier molecular flexibility index (Phi) is 4.79. The molecular weight excluding hydrogens is 220 g/mol. The molecule has 0 heterocycles. The molecule has 2 nitrogen and oxygen atoms in total. The summed E-state index contributed by atoms with van der Waals surface area (Å²) in [4.78, 5) is 2.51. The number of aryl methyl sites for hydroxylation is 1. The van der Waals surface area contributed by atoms with Crippen molar-refractivity contribution in [2.24, 2.45) is 0 Å². The quantitative estimate of drug-likeness (QED) is 0.796. The maximum Gasteiger partial charge on any atom is 0.0206 e. The standard InChI is InChI=1S/C16H26N2/c1-4-14-5-7-15(8-6-14)12-17-11-13(2)18(3)16-9-10-16/h5-8,13,16-17H,4,9-12H2,1-3H3. The van der Waals surface area contributed by atoms with Crippen LogP contribution in [0.4, 0.5) is 0 Å². The van der Waals surface area contributed by atoms with Gasteiger partial charge in [0.15, 0.2) is 0 Å². The maximum absolute atomic E-state index is 3.56. The van der Waals surface area contributed by atoms with Crippen LogP contribution in [0.15, 0.2) is 24.3 Å². The van der Waals surface area contributed by atoms with Crippen LogP contribution in [0.25, 0.3) is 0 Å². The van der Waals surface area contributed by atoms with E-state index in [2.05, 4.69) is 55.4 Å². The summed E-state index contributed by atoms with van der Waals surface area (Å²) in [5.41, 5.74) is 2.80. The van der Waals surface area contributed by atoms with E-state index in [1.165, 1.54) is 24.0 Å². The summed E-state index contributed by atoms with van der Waals surface area (Å²) in [5, 5.41) is 3.56. The molecule has 18 heavy (non-hydrogen) atoms. The van der Waals surface area contributed by atoms with E-state index < -0.39 is 0 Å². The molecule has 1 N–H and O–H groups in total. The molecule has 2 rings (SSSR count). The van der Waals surface area contributed by atoms with E-state index >= 15 is 0 Å². The van der Waals surface area contributed by atoms with Crippen LogP contribution in [0.1, 0.15) is 37.8 Å². The first-order valence-electron chi connectivity index (χ1n) is 7.21. The average Bonchev–Trinajstić information content (AvgIpc) is 3.23. The molecule has 1 fully saturated rings. The molecule has 1 aromatic carbocycles. The third kappa shape index (κ3) is 3.82. The molecule has 1 aromatic rings. The Morgan fingerprint density at radius 2 is 1.83 bits per heavy atom. The van der Waals surface area contributed by atoms with Gasteiger partial charge in [0.2, 0.25) is 0 Å². The molecule has 0 saturated heterocycles. The molecule has 1 aliphatic carbocycles. The van der Waals surface area contributed by atoms with Crippen molar-refractivity contribution in [3.63, 3.8) is 0 Å².